The number of thiazole rings is 1. The molecule has 1 aliphatic heterocycles. The highest BCUT2D eigenvalue weighted by molar-refractivity contribution is 8.02. The Morgan fingerprint density at radius 2 is 1.81 bits per heavy atom. The van der Waals surface area contributed by atoms with Crippen molar-refractivity contribution in [3.63, 3.8) is 0 Å². The van der Waals surface area contributed by atoms with Gasteiger partial charge >= 0.3 is 0 Å². The number of rotatable bonds is 6. The Morgan fingerprint density at radius 1 is 1.10 bits per heavy atom. The van der Waals surface area contributed by atoms with Crippen LogP contribution in [-0.4, -0.2) is 41.8 Å². The predicted molar refractivity (Wildman–Crippen MR) is 125 cm³/mol. The van der Waals surface area contributed by atoms with Gasteiger partial charge in [0.1, 0.15) is 0 Å². The molecule has 1 atom stereocenters. The van der Waals surface area contributed by atoms with Crippen LogP contribution in [-0.2, 0) is 9.84 Å². The molecule has 1 aromatic heterocycles. The summed E-state index contributed by atoms with van der Waals surface area (Å²) < 4.78 is 23.5. The Balaban J connectivity index is 1.57. The molecule has 9 heteroatoms. The van der Waals surface area contributed by atoms with Crippen molar-refractivity contribution < 1.29 is 18.0 Å². The van der Waals surface area contributed by atoms with E-state index in [2.05, 4.69) is 10.3 Å². The molecule has 0 bridgehead atoms. The van der Waals surface area contributed by atoms with Crippen molar-refractivity contribution in [1.82, 2.24) is 4.98 Å². The van der Waals surface area contributed by atoms with Gasteiger partial charge in [-0.05, 0) is 18.6 Å². The fraction of sp³-hybridized carbons (Fsp3) is 0.227. The van der Waals surface area contributed by atoms with Crippen LogP contribution in [0.4, 0.5) is 5.13 Å². The molecule has 1 saturated heterocycles. The molecule has 1 N–H and O–H groups in total. The average molecular weight is 473 g/mol. The van der Waals surface area contributed by atoms with Crippen molar-refractivity contribution in [2.75, 3.05) is 16.8 Å². The van der Waals surface area contributed by atoms with Crippen LogP contribution in [0.2, 0.25) is 0 Å². The summed E-state index contributed by atoms with van der Waals surface area (Å²) in [7, 11) is -3.00. The third kappa shape index (κ3) is 5.06. The molecule has 160 valence electrons. The number of sulfone groups is 1. The zero-order chi connectivity index (χ0) is 22.0. The Labute approximate surface area is 189 Å². The van der Waals surface area contributed by atoms with E-state index < -0.39 is 9.84 Å². The Kier molecular flexibility index (Phi) is 6.27. The third-order valence-electron chi connectivity index (χ3n) is 4.83. The van der Waals surface area contributed by atoms with Crippen LogP contribution in [0.3, 0.4) is 0 Å². The number of aromatic nitrogens is 1. The van der Waals surface area contributed by atoms with Crippen molar-refractivity contribution in [3.05, 3.63) is 65.0 Å². The summed E-state index contributed by atoms with van der Waals surface area (Å²) >= 11 is 2.56. The molecular formula is C22H20N2O4S3. The molecule has 2 heterocycles. The fourth-order valence-electron chi connectivity index (χ4n) is 3.36. The van der Waals surface area contributed by atoms with Crippen molar-refractivity contribution in [1.29, 1.82) is 0 Å². The maximum Gasteiger partial charge on any atom is 0.258 e. The number of amides is 1. The molecule has 0 spiro atoms. The van der Waals surface area contributed by atoms with Crippen LogP contribution in [0.25, 0.3) is 11.3 Å². The van der Waals surface area contributed by atoms with E-state index >= 15 is 0 Å². The van der Waals surface area contributed by atoms with Crippen LogP contribution in [0.5, 0.6) is 0 Å². The lowest BCUT2D eigenvalue weighted by atomic mass is 10.1. The van der Waals surface area contributed by atoms with E-state index in [1.54, 1.807) is 12.1 Å². The minimum Gasteiger partial charge on any atom is -0.298 e. The zero-order valence-electron chi connectivity index (χ0n) is 16.7. The van der Waals surface area contributed by atoms with Crippen LogP contribution in [0.1, 0.15) is 33.4 Å². The lowest BCUT2D eigenvalue weighted by Crippen LogP contribution is -2.14. The molecule has 1 unspecified atom stereocenters. The largest absolute Gasteiger partial charge is 0.298 e. The second-order valence-electron chi connectivity index (χ2n) is 7.21. The maximum atomic E-state index is 13.0. The number of benzene rings is 2. The molecule has 1 amide bonds. The molecule has 0 radical (unpaired) electrons. The normalized spacial score (nSPS) is 17.4. The highest BCUT2D eigenvalue weighted by Crippen LogP contribution is 2.35. The highest BCUT2D eigenvalue weighted by atomic mass is 32.2. The van der Waals surface area contributed by atoms with Gasteiger partial charge in [-0.2, -0.15) is 0 Å². The number of carbonyl (C=O) groups is 2. The average Bonchev–Trinajstić information content (AvgIpc) is 3.32. The number of hydrogen-bond donors (Lipinski definition) is 1. The fourth-order valence-corrected chi connectivity index (χ4v) is 7.86. The number of carbonyl (C=O) groups excluding carboxylic acids is 2. The van der Waals surface area contributed by atoms with Gasteiger partial charge in [0.25, 0.3) is 5.91 Å². The Morgan fingerprint density at radius 3 is 2.48 bits per heavy atom. The minimum absolute atomic E-state index is 0.0622. The summed E-state index contributed by atoms with van der Waals surface area (Å²) in [4.78, 5) is 30.8. The Bertz CT molecular complexity index is 1240. The number of Topliss-reactive ketones (excluding diaryl/α,β-unsaturated/α-hetero) is 1. The van der Waals surface area contributed by atoms with Crippen LogP contribution < -0.4 is 5.32 Å². The van der Waals surface area contributed by atoms with Gasteiger partial charge in [-0.3, -0.25) is 14.9 Å². The summed E-state index contributed by atoms with van der Waals surface area (Å²) in [6.45, 7) is 1.48. The van der Waals surface area contributed by atoms with Gasteiger partial charge in [-0.15, -0.1) is 11.8 Å². The number of ketones is 1. The van der Waals surface area contributed by atoms with E-state index in [-0.39, 0.29) is 28.4 Å². The molecule has 3 aromatic rings. The summed E-state index contributed by atoms with van der Waals surface area (Å²) in [6, 6.07) is 16.5. The molecule has 31 heavy (non-hydrogen) atoms. The maximum absolute atomic E-state index is 13.0. The first-order valence-electron chi connectivity index (χ1n) is 9.67. The summed E-state index contributed by atoms with van der Waals surface area (Å²) in [5, 5.41) is 3.09. The van der Waals surface area contributed by atoms with Gasteiger partial charge in [-0.1, -0.05) is 53.8 Å². The molecule has 1 fully saturated rings. The van der Waals surface area contributed by atoms with Crippen molar-refractivity contribution in [2.24, 2.45) is 0 Å². The van der Waals surface area contributed by atoms with Crippen LogP contribution >= 0.6 is 23.1 Å². The Hall–Kier alpha value is -2.49. The quantitative estimate of drug-likeness (QED) is 0.529. The molecule has 2 aromatic carbocycles. The summed E-state index contributed by atoms with van der Waals surface area (Å²) in [5.74, 6) is -0.140. The van der Waals surface area contributed by atoms with E-state index in [0.29, 0.717) is 27.7 Å². The summed E-state index contributed by atoms with van der Waals surface area (Å²) in [5.41, 5.74) is 1.81. The van der Waals surface area contributed by atoms with Crippen molar-refractivity contribution in [3.8, 4) is 11.3 Å². The SMILES string of the molecule is CC(=O)c1sc(NC(=O)c2ccccc2SC2CCS(=O)(=O)C2)nc1-c1ccccc1. The number of nitrogens with zero attached hydrogens (tertiary/aromatic N) is 1. The van der Waals surface area contributed by atoms with Gasteiger partial charge in [0, 0.05) is 22.6 Å². The van der Waals surface area contributed by atoms with Gasteiger partial charge < -0.3 is 0 Å². The second kappa shape index (κ2) is 8.94. The van der Waals surface area contributed by atoms with Crippen LogP contribution in [0.15, 0.2) is 59.5 Å². The molecule has 4 rings (SSSR count). The van der Waals surface area contributed by atoms with Crippen molar-refractivity contribution >= 4 is 49.8 Å². The highest BCUT2D eigenvalue weighted by Gasteiger charge is 2.29. The first-order chi connectivity index (χ1) is 14.8. The van der Waals surface area contributed by atoms with E-state index in [9.17, 15) is 18.0 Å². The number of nitrogens with one attached hydrogen (secondary N) is 1. The monoisotopic (exact) mass is 472 g/mol. The lowest BCUT2D eigenvalue weighted by Gasteiger charge is -2.12. The number of thioether (sulfide) groups is 1. The molecular weight excluding hydrogens is 452 g/mol. The van der Waals surface area contributed by atoms with E-state index in [0.717, 1.165) is 21.8 Å². The topological polar surface area (TPSA) is 93.2 Å². The standard InChI is InChI=1S/C22H20N2O4S3/c1-14(25)20-19(15-7-3-2-4-8-15)23-22(30-20)24-21(26)17-9-5-6-10-18(17)29-16-11-12-31(27,28)13-16/h2-10,16H,11-13H2,1H3,(H,23,24,26). The predicted octanol–water partition coefficient (Wildman–Crippen LogP) is 4.54. The van der Waals surface area contributed by atoms with E-state index in [1.165, 1.54) is 18.7 Å². The van der Waals surface area contributed by atoms with Gasteiger partial charge in [-0.25, -0.2) is 13.4 Å². The third-order valence-corrected chi connectivity index (χ3v) is 9.23. The first kappa shape index (κ1) is 21.7. The van der Waals surface area contributed by atoms with Gasteiger partial charge in [0.15, 0.2) is 20.8 Å². The number of hydrogen-bond acceptors (Lipinski definition) is 7. The molecule has 6 nitrogen and oxygen atoms in total. The van der Waals surface area contributed by atoms with Gasteiger partial charge in [0.05, 0.1) is 27.6 Å². The lowest BCUT2D eigenvalue weighted by molar-refractivity contribution is 0.101. The van der Waals surface area contributed by atoms with E-state index in [4.69, 9.17) is 0 Å². The smallest absolute Gasteiger partial charge is 0.258 e. The summed E-state index contributed by atoms with van der Waals surface area (Å²) in [6.07, 6.45) is 0.581. The van der Waals surface area contributed by atoms with Gasteiger partial charge in [0.2, 0.25) is 0 Å². The number of anilines is 1. The molecule has 0 aliphatic carbocycles. The minimum atomic E-state index is -3.00. The van der Waals surface area contributed by atoms with Crippen LogP contribution in [0, 0.1) is 0 Å². The molecule has 0 saturated carbocycles. The van der Waals surface area contributed by atoms with Crippen molar-refractivity contribution in [2.45, 2.75) is 23.5 Å². The second-order valence-corrected chi connectivity index (χ2v) is 11.8. The first-order valence-corrected chi connectivity index (χ1v) is 13.2. The zero-order valence-corrected chi connectivity index (χ0v) is 19.1. The van der Waals surface area contributed by atoms with E-state index in [1.807, 2.05) is 42.5 Å². The molecule has 1 aliphatic rings.